The maximum absolute atomic E-state index is 13.5. The minimum atomic E-state index is -1.11. The summed E-state index contributed by atoms with van der Waals surface area (Å²) in [6.45, 7) is 2.92. The van der Waals surface area contributed by atoms with Gasteiger partial charge in [0.2, 0.25) is 5.91 Å². The van der Waals surface area contributed by atoms with E-state index in [1.54, 1.807) is 13.0 Å². The van der Waals surface area contributed by atoms with E-state index < -0.39 is 29.9 Å². The van der Waals surface area contributed by atoms with Crippen molar-refractivity contribution in [2.75, 3.05) is 32.8 Å². The molecule has 1 aromatic heterocycles. The van der Waals surface area contributed by atoms with E-state index >= 15 is 0 Å². The Labute approximate surface area is 237 Å². The van der Waals surface area contributed by atoms with Crippen LogP contribution in [0, 0.1) is 0 Å². The zero-order valence-corrected chi connectivity index (χ0v) is 22.9. The highest BCUT2D eigenvalue weighted by molar-refractivity contribution is 5.97. The summed E-state index contributed by atoms with van der Waals surface area (Å²) in [5.41, 5.74) is 2.05. The number of ether oxygens (including phenoxy) is 1. The third kappa shape index (κ3) is 7.74. The van der Waals surface area contributed by atoms with E-state index in [0.29, 0.717) is 29.9 Å². The molecule has 1 fully saturated rings. The molecule has 1 saturated heterocycles. The van der Waals surface area contributed by atoms with Crippen LogP contribution < -0.4 is 5.32 Å². The van der Waals surface area contributed by atoms with Crippen molar-refractivity contribution in [3.63, 3.8) is 0 Å². The second-order valence-corrected chi connectivity index (χ2v) is 9.77. The van der Waals surface area contributed by atoms with Gasteiger partial charge in [0.15, 0.2) is 5.82 Å². The second kappa shape index (κ2) is 13.6. The van der Waals surface area contributed by atoms with Crippen molar-refractivity contribution >= 4 is 35.2 Å². The Morgan fingerprint density at radius 1 is 1.02 bits per heavy atom. The average Bonchev–Trinajstić information content (AvgIpc) is 2.99. The van der Waals surface area contributed by atoms with Crippen molar-refractivity contribution < 1.29 is 33.8 Å². The lowest BCUT2D eigenvalue weighted by Gasteiger charge is -2.35. The van der Waals surface area contributed by atoms with Crippen LogP contribution in [0.2, 0.25) is 0 Å². The number of amides is 3. The summed E-state index contributed by atoms with van der Waals surface area (Å²) in [6, 6.07) is 9.54. The molecule has 41 heavy (non-hydrogen) atoms. The summed E-state index contributed by atoms with van der Waals surface area (Å²) in [5.74, 6) is -1.73. The normalized spacial score (nSPS) is 16.0. The molecule has 216 valence electrons. The third-order valence-corrected chi connectivity index (χ3v) is 6.94. The molecular weight excluding hydrogens is 530 g/mol. The Bertz CT molecular complexity index is 1340. The molecular formula is C29H33N5O7. The van der Waals surface area contributed by atoms with Crippen LogP contribution in [-0.4, -0.2) is 93.4 Å². The van der Waals surface area contributed by atoms with Gasteiger partial charge in [0.1, 0.15) is 17.5 Å². The molecule has 1 aliphatic carbocycles. The fourth-order valence-electron chi connectivity index (χ4n) is 4.69. The number of rotatable bonds is 9. The van der Waals surface area contributed by atoms with E-state index in [1.165, 1.54) is 15.9 Å². The Kier molecular flexibility index (Phi) is 9.77. The van der Waals surface area contributed by atoms with Crippen LogP contribution >= 0.6 is 0 Å². The first-order chi connectivity index (χ1) is 19.7. The number of ketones is 1. The fourth-order valence-corrected chi connectivity index (χ4v) is 4.69. The number of carbonyl (C=O) groups is 5. The Morgan fingerprint density at radius 3 is 2.37 bits per heavy atom. The highest BCUT2D eigenvalue weighted by Crippen LogP contribution is 2.26. The van der Waals surface area contributed by atoms with Crippen molar-refractivity contribution in [3.8, 4) is 11.4 Å². The molecule has 2 heterocycles. The first-order valence-electron chi connectivity index (χ1n) is 13.6. The molecule has 1 aliphatic heterocycles. The highest BCUT2D eigenvalue weighted by Gasteiger charge is 2.31. The maximum atomic E-state index is 13.5. The number of aromatic nitrogens is 2. The summed E-state index contributed by atoms with van der Waals surface area (Å²) >= 11 is 0. The van der Waals surface area contributed by atoms with Gasteiger partial charge in [-0.1, -0.05) is 36.4 Å². The van der Waals surface area contributed by atoms with E-state index in [2.05, 4.69) is 15.3 Å². The van der Waals surface area contributed by atoms with E-state index in [1.807, 2.05) is 30.3 Å². The topological polar surface area (TPSA) is 159 Å². The summed E-state index contributed by atoms with van der Waals surface area (Å²) < 4.78 is 5.02. The standard InChI is InChI=1S/C29H33N5O7/c1-2-41-29(40)34-16-14-33(15-17-34)28(39)22(12-13-25(36)37)32-27(38)24-18-23(19-8-10-21(35)11-9-19)30-26(31-24)20-6-4-3-5-7-20/h3-8,18,22H,2,9-17H2,1H3,(H,32,38)(H,36,37)/t22-/m0/s1. The molecule has 12 nitrogen and oxygen atoms in total. The molecule has 0 saturated carbocycles. The van der Waals surface area contributed by atoms with Crippen LogP contribution in [0.3, 0.4) is 0 Å². The Balaban J connectivity index is 1.56. The number of hydrogen-bond donors (Lipinski definition) is 2. The highest BCUT2D eigenvalue weighted by atomic mass is 16.6. The van der Waals surface area contributed by atoms with Crippen LogP contribution in [0.25, 0.3) is 17.0 Å². The van der Waals surface area contributed by atoms with Crippen molar-refractivity contribution in [1.29, 1.82) is 0 Å². The van der Waals surface area contributed by atoms with Gasteiger partial charge < -0.3 is 25.0 Å². The van der Waals surface area contributed by atoms with E-state index in [9.17, 15) is 29.1 Å². The van der Waals surface area contributed by atoms with Crippen LogP contribution in [0.4, 0.5) is 4.79 Å². The van der Waals surface area contributed by atoms with Crippen molar-refractivity contribution in [1.82, 2.24) is 25.1 Å². The maximum Gasteiger partial charge on any atom is 0.409 e. The number of carboxylic acids is 1. The van der Waals surface area contributed by atoms with Gasteiger partial charge in [-0.2, -0.15) is 0 Å². The molecule has 3 amide bonds. The fraction of sp³-hybridized carbons (Fsp3) is 0.414. The predicted octanol–water partition coefficient (Wildman–Crippen LogP) is 2.54. The number of nitrogens with one attached hydrogen (secondary N) is 1. The van der Waals surface area contributed by atoms with Gasteiger partial charge in [0.25, 0.3) is 5.91 Å². The number of piperazine rings is 1. The number of hydrogen-bond acceptors (Lipinski definition) is 8. The first kappa shape index (κ1) is 29.4. The largest absolute Gasteiger partial charge is 0.481 e. The quantitative estimate of drug-likeness (QED) is 0.467. The number of carboxylic acid groups (broad SMARTS) is 1. The summed E-state index contributed by atoms with van der Waals surface area (Å²) in [6.07, 6.45) is 2.06. The lowest BCUT2D eigenvalue weighted by atomic mass is 9.95. The van der Waals surface area contributed by atoms with Gasteiger partial charge in [-0.05, 0) is 31.4 Å². The lowest BCUT2D eigenvalue weighted by Crippen LogP contribution is -2.56. The summed E-state index contributed by atoms with van der Waals surface area (Å²) in [5, 5.41) is 12.0. The molecule has 1 aromatic carbocycles. The molecule has 12 heteroatoms. The number of allylic oxidation sites excluding steroid dienone is 2. The van der Waals surface area contributed by atoms with Crippen LogP contribution in [0.1, 0.15) is 55.2 Å². The molecule has 0 spiro atoms. The third-order valence-electron chi connectivity index (χ3n) is 6.94. The van der Waals surface area contributed by atoms with Crippen molar-refractivity contribution in [3.05, 3.63) is 53.9 Å². The van der Waals surface area contributed by atoms with Crippen molar-refractivity contribution in [2.45, 2.75) is 45.1 Å². The Hall–Kier alpha value is -4.61. The zero-order chi connectivity index (χ0) is 29.4. The number of Topliss-reactive ketones (excluding diaryl/α,β-unsaturated/α-hetero) is 1. The molecule has 0 bridgehead atoms. The van der Waals surface area contributed by atoms with Crippen molar-refractivity contribution in [2.24, 2.45) is 0 Å². The lowest BCUT2D eigenvalue weighted by molar-refractivity contribution is -0.138. The first-order valence-corrected chi connectivity index (χ1v) is 13.6. The molecule has 2 aliphatic rings. The molecule has 0 radical (unpaired) electrons. The van der Waals surface area contributed by atoms with Gasteiger partial charge in [0, 0.05) is 51.0 Å². The van der Waals surface area contributed by atoms with Gasteiger partial charge in [-0.15, -0.1) is 0 Å². The van der Waals surface area contributed by atoms with Crippen LogP contribution in [-0.2, 0) is 19.1 Å². The minimum absolute atomic E-state index is 0.0203. The smallest absolute Gasteiger partial charge is 0.409 e. The van der Waals surface area contributed by atoms with E-state index in [4.69, 9.17) is 4.74 Å². The van der Waals surface area contributed by atoms with Crippen LogP contribution in [0.15, 0.2) is 42.5 Å². The van der Waals surface area contributed by atoms with Gasteiger partial charge in [-0.25, -0.2) is 14.8 Å². The molecule has 2 N–H and O–H groups in total. The number of benzene rings is 1. The van der Waals surface area contributed by atoms with E-state index in [0.717, 1.165) is 5.57 Å². The number of carbonyl (C=O) groups excluding carboxylic acids is 4. The monoisotopic (exact) mass is 563 g/mol. The average molecular weight is 564 g/mol. The molecule has 4 rings (SSSR count). The predicted molar refractivity (Wildman–Crippen MR) is 148 cm³/mol. The number of nitrogens with zero attached hydrogens (tertiary/aromatic N) is 4. The summed E-state index contributed by atoms with van der Waals surface area (Å²) in [4.78, 5) is 74.2. The minimum Gasteiger partial charge on any atom is -0.481 e. The van der Waals surface area contributed by atoms with E-state index in [-0.39, 0.29) is 63.5 Å². The SMILES string of the molecule is CCOC(=O)N1CCN(C(=O)[C@H](CCC(=O)O)NC(=O)c2cc(C3=CCC(=O)CC3)nc(-c3ccccc3)n2)CC1. The molecule has 2 aromatic rings. The Morgan fingerprint density at radius 2 is 1.73 bits per heavy atom. The molecule has 1 atom stereocenters. The zero-order valence-electron chi connectivity index (χ0n) is 22.9. The molecule has 0 unspecified atom stereocenters. The van der Waals surface area contributed by atoms with Gasteiger partial charge >= 0.3 is 12.1 Å². The summed E-state index contributed by atoms with van der Waals surface area (Å²) in [7, 11) is 0. The van der Waals surface area contributed by atoms with Gasteiger partial charge in [-0.3, -0.25) is 19.2 Å². The van der Waals surface area contributed by atoms with Crippen LogP contribution in [0.5, 0.6) is 0 Å². The number of aliphatic carboxylic acids is 1. The second-order valence-electron chi connectivity index (χ2n) is 9.77. The van der Waals surface area contributed by atoms with Gasteiger partial charge in [0.05, 0.1) is 12.3 Å².